The second kappa shape index (κ2) is 4.80. The Hall–Kier alpha value is -0.120. The summed E-state index contributed by atoms with van der Waals surface area (Å²) in [6.07, 6.45) is 0. The highest BCUT2D eigenvalue weighted by Crippen LogP contribution is 2.12. The van der Waals surface area contributed by atoms with Gasteiger partial charge in [0.2, 0.25) is 0 Å². The van der Waals surface area contributed by atoms with E-state index in [0.717, 1.165) is 13.1 Å². The lowest BCUT2D eigenvalue weighted by Crippen LogP contribution is -2.48. The van der Waals surface area contributed by atoms with Gasteiger partial charge in [-0.2, -0.15) is 0 Å². The molecule has 1 unspecified atom stereocenters. The zero-order valence-corrected chi connectivity index (χ0v) is 8.80. The molecule has 0 spiro atoms. The maximum Gasteiger partial charge on any atom is 0.0139 e. The minimum atomic E-state index is 0.174. The molecular formula is C9H23N3. The van der Waals surface area contributed by atoms with Crippen molar-refractivity contribution in [3.63, 3.8) is 0 Å². The van der Waals surface area contributed by atoms with Crippen LogP contribution in [0.2, 0.25) is 0 Å². The molecule has 0 rings (SSSR count). The molecule has 0 saturated carbocycles. The van der Waals surface area contributed by atoms with Crippen molar-refractivity contribution < 1.29 is 0 Å². The van der Waals surface area contributed by atoms with Crippen LogP contribution in [0, 0.1) is 0 Å². The van der Waals surface area contributed by atoms with Crippen molar-refractivity contribution >= 4 is 0 Å². The van der Waals surface area contributed by atoms with E-state index < -0.39 is 0 Å². The topological polar surface area (TPSA) is 55.3 Å². The van der Waals surface area contributed by atoms with Crippen LogP contribution in [0.15, 0.2) is 0 Å². The van der Waals surface area contributed by atoms with Gasteiger partial charge in [0.1, 0.15) is 0 Å². The first-order chi connectivity index (χ1) is 5.38. The summed E-state index contributed by atoms with van der Waals surface area (Å²) >= 11 is 0. The molecule has 0 aromatic heterocycles. The summed E-state index contributed by atoms with van der Waals surface area (Å²) in [7, 11) is 0. The van der Waals surface area contributed by atoms with Crippen molar-refractivity contribution in [3.05, 3.63) is 0 Å². The molecule has 0 amide bonds. The van der Waals surface area contributed by atoms with Gasteiger partial charge in [0.05, 0.1) is 0 Å². The van der Waals surface area contributed by atoms with E-state index in [1.807, 2.05) is 6.92 Å². The van der Waals surface area contributed by atoms with E-state index in [1.54, 1.807) is 0 Å². The summed E-state index contributed by atoms with van der Waals surface area (Å²) in [5.74, 6) is 0. The maximum atomic E-state index is 5.74. The maximum absolute atomic E-state index is 5.74. The molecule has 0 aliphatic heterocycles. The normalized spacial score (nSPS) is 15.2. The van der Waals surface area contributed by atoms with Gasteiger partial charge in [0, 0.05) is 31.2 Å². The average Bonchev–Trinajstić information content (AvgIpc) is 1.83. The van der Waals surface area contributed by atoms with Crippen molar-refractivity contribution in [1.82, 2.24) is 4.90 Å². The monoisotopic (exact) mass is 173 g/mol. The Morgan fingerprint density at radius 2 is 1.83 bits per heavy atom. The minimum absolute atomic E-state index is 0.174. The highest BCUT2D eigenvalue weighted by Gasteiger charge is 2.20. The first-order valence-corrected chi connectivity index (χ1v) is 4.58. The molecule has 1 atom stereocenters. The molecule has 12 heavy (non-hydrogen) atoms. The number of rotatable bonds is 4. The van der Waals surface area contributed by atoms with Crippen molar-refractivity contribution in [1.29, 1.82) is 0 Å². The second-order valence-electron chi connectivity index (χ2n) is 4.38. The van der Waals surface area contributed by atoms with Crippen LogP contribution >= 0.6 is 0 Å². The third kappa shape index (κ3) is 4.70. The Kier molecular flexibility index (Phi) is 4.75. The smallest absolute Gasteiger partial charge is 0.0139 e. The molecular weight excluding hydrogens is 150 g/mol. The van der Waals surface area contributed by atoms with Gasteiger partial charge in [-0.15, -0.1) is 0 Å². The highest BCUT2D eigenvalue weighted by atomic mass is 15.2. The molecule has 0 radical (unpaired) electrons. The Labute approximate surface area is 76.1 Å². The van der Waals surface area contributed by atoms with E-state index in [4.69, 9.17) is 11.5 Å². The quantitative estimate of drug-likeness (QED) is 0.647. The molecule has 0 fully saturated rings. The van der Waals surface area contributed by atoms with Crippen molar-refractivity contribution in [2.75, 3.05) is 19.6 Å². The lowest BCUT2D eigenvalue weighted by atomic mass is 10.1. The third-order valence-corrected chi connectivity index (χ3v) is 1.86. The van der Waals surface area contributed by atoms with Crippen LogP contribution in [0.25, 0.3) is 0 Å². The molecule has 0 aromatic carbocycles. The second-order valence-corrected chi connectivity index (χ2v) is 4.38. The Morgan fingerprint density at radius 1 is 1.33 bits per heavy atom. The van der Waals surface area contributed by atoms with Crippen LogP contribution in [-0.4, -0.2) is 36.1 Å². The van der Waals surface area contributed by atoms with E-state index in [9.17, 15) is 0 Å². The van der Waals surface area contributed by atoms with Crippen LogP contribution in [0.1, 0.15) is 27.7 Å². The van der Waals surface area contributed by atoms with Gasteiger partial charge in [0.15, 0.2) is 0 Å². The fourth-order valence-corrected chi connectivity index (χ4v) is 1.20. The van der Waals surface area contributed by atoms with Gasteiger partial charge >= 0.3 is 0 Å². The van der Waals surface area contributed by atoms with Gasteiger partial charge in [0.25, 0.3) is 0 Å². The zero-order chi connectivity index (χ0) is 9.78. The fourth-order valence-electron chi connectivity index (χ4n) is 1.20. The van der Waals surface area contributed by atoms with Crippen LogP contribution in [0.3, 0.4) is 0 Å². The molecule has 0 aromatic rings. The van der Waals surface area contributed by atoms with E-state index in [1.165, 1.54) is 0 Å². The fraction of sp³-hybridized carbons (Fsp3) is 1.00. The molecule has 3 heteroatoms. The summed E-state index contributed by atoms with van der Waals surface area (Å²) in [6.45, 7) is 11.1. The summed E-state index contributed by atoms with van der Waals surface area (Å²) in [6, 6.07) is 0.218. The molecule has 4 N–H and O–H groups in total. The summed E-state index contributed by atoms with van der Waals surface area (Å²) in [4.78, 5) is 2.32. The van der Waals surface area contributed by atoms with Gasteiger partial charge in [-0.1, -0.05) is 0 Å². The Bertz CT molecular complexity index is 115. The van der Waals surface area contributed by atoms with Crippen molar-refractivity contribution in [3.8, 4) is 0 Å². The predicted octanol–water partition coefficient (Wildman–Crippen LogP) is 0.393. The Morgan fingerprint density at radius 3 is 2.08 bits per heavy atom. The number of hydrogen-bond acceptors (Lipinski definition) is 3. The van der Waals surface area contributed by atoms with Gasteiger partial charge in [-0.25, -0.2) is 0 Å². The summed E-state index contributed by atoms with van der Waals surface area (Å²) in [5.41, 5.74) is 11.4. The molecule has 3 nitrogen and oxygen atoms in total. The van der Waals surface area contributed by atoms with Crippen LogP contribution in [0.4, 0.5) is 0 Å². The van der Waals surface area contributed by atoms with E-state index in [-0.39, 0.29) is 11.6 Å². The number of hydrogen-bond donors (Lipinski definition) is 2. The molecule has 0 aliphatic rings. The molecule has 0 bridgehead atoms. The lowest BCUT2D eigenvalue weighted by molar-refractivity contribution is 0.134. The van der Waals surface area contributed by atoms with Crippen molar-refractivity contribution in [2.45, 2.75) is 39.3 Å². The van der Waals surface area contributed by atoms with Gasteiger partial charge in [-0.05, 0) is 27.7 Å². The van der Waals surface area contributed by atoms with E-state index >= 15 is 0 Å². The third-order valence-electron chi connectivity index (χ3n) is 1.86. The zero-order valence-electron chi connectivity index (χ0n) is 8.80. The van der Waals surface area contributed by atoms with Crippen LogP contribution < -0.4 is 11.5 Å². The molecule has 0 heterocycles. The molecule has 74 valence electrons. The largest absolute Gasteiger partial charge is 0.329 e. The molecule has 0 saturated heterocycles. The Balaban J connectivity index is 4.04. The SMILES string of the molecule is CC(N)CN(CCN)C(C)(C)C. The van der Waals surface area contributed by atoms with Crippen molar-refractivity contribution in [2.24, 2.45) is 11.5 Å². The number of nitrogens with two attached hydrogens (primary N) is 2. The minimum Gasteiger partial charge on any atom is -0.329 e. The van der Waals surface area contributed by atoms with E-state index in [0.29, 0.717) is 6.54 Å². The predicted molar refractivity (Wildman–Crippen MR) is 54.0 cm³/mol. The lowest BCUT2D eigenvalue weighted by Gasteiger charge is -2.36. The van der Waals surface area contributed by atoms with E-state index in [2.05, 4.69) is 25.7 Å². The first-order valence-electron chi connectivity index (χ1n) is 4.58. The standard InChI is InChI=1S/C9H23N3/c1-8(11)7-12(6-5-10)9(2,3)4/h8H,5-7,10-11H2,1-4H3. The van der Waals surface area contributed by atoms with Crippen LogP contribution in [-0.2, 0) is 0 Å². The summed E-state index contributed by atoms with van der Waals surface area (Å²) < 4.78 is 0. The van der Waals surface area contributed by atoms with Gasteiger partial charge in [-0.3, -0.25) is 4.90 Å². The summed E-state index contributed by atoms with van der Waals surface area (Å²) in [5, 5.41) is 0. The number of nitrogens with zero attached hydrogens (tertiary/aromatic N) is 1. The molecule has 0 aliphatic carbocycles. The van der Waals surface area contributed by atoms with Crippen LogP contribution in [0.5, 0.6) is 0 Å². The average molecular weight is 173 g/mol. The highest BCUT2D eigenvalue weighted by molar-refractivity contribution is 4.78. The van der Waals surface area contributed by atoms with Gasteiger partial charge < -0.3 is 11.5 Å². The first kappa shape index (κ1) is 11.9.